The molecule has 1 aliphatic heterocycles. The molecule has 168 valence electrons. The molecule has 1 fully saturated rings. The number of rotatable bonds is 7. The molecule has 1 aliphatic rings. The van der Waals surface area contributed by atoms with Crippen LogP contribution in [0.2, 0.25) is 0 Å². The van der Waals surface area contributed by atoms with Gasteiger partial charge in [-0.05, 0) is 35.4 Å². The van der Waals surface area contributed by atoms with E-state index in [2.05, 4.69) is 61.1 Å². The van der Waals surface area contributed by atoms with Crippen LogP contribution < -0.4 is 4.74 Å². The Morgan fingerprint density at radius 3 is 2.52 bits per heavy atom. The predicted molar refractivity (Wildman–Crippen MR) is 134 cm³/mol. The average molecular weight is 570 g/mol. The van der Waals surface area contributed by atoms with E-state index in [4.69, 9.17) is 14.2 Å². The lowest BCUT2D eigenvalue weighted by atomic mass is 10.1. The number of aromatic nitrogens is 2. The van der Waals surface area contributed by atoms with Crippen molar-refractivity contribution in [3.8, 4) is 16.9 Å². The Balaban J connectivity index is 1.29. The van der Waals surface area contributed by atoms with Gasteiger partial charge in [-0.2, -0.15) is 0 Å². The summed E-state index contributed by atoms with van der Waals surface area (Å²) in [5.74, 6) is -0.138. The van der Waals surface area contributed by atoms with Gasteiger partial charge in [0.1, 0.15) is 18.5 Å². The Kier molecular flexibility index (Phi) is 6.64. The van der Waals surface area contributed by atoms with E-state index in [1.54, 1.807) is 12.5 Å². The van der Waals surface area contributed by atoms with Crippen molar-refractivity contribution in [2.24, 2.45) is 0 Å². The van der Waals surface area contributed by atoms with Crippen LogP contribution in [0.4, 0.5) is 0 Å². The zero-order valence-corrected chi connectivity index (χ0v) is 20.9. The van der Waals surface area contributed by atoms with Crippen LogP contribution in [0.5, 0.6) is 5.75 Å². The van der Waals surface area contributed by atoms with Gasteiger partial charge in [-0.3, -0.25) is 0 Å². The van der Waals surface area contributed by atoms with Gasteiger partial charge in [-0.15, -0.1) is 0 Å². The maximum atomic E-state index is 6.50. The molecule has 0 aliphatic carbocycles. The summed E-state index contributed by atoms with van der Waals surface area (Å²) in [5, 5.41) is 0. The van der Waals surface area contributed by atoms with E-state index in [1.807, 2.05) is 59.3 Å². The SMILES string of the molecule is Brc1ccc([C@]2(Cn3ccnc3)OC[C@H](COc3ccc(-c4ccccc4)cc3)O2)c(Br)c1. The monoisotopic (exact) mass is 568 g/mol. The Morgan fingerprint density at radius 2 is 1.79 bits per heavy atom. The fraction of sp³-hybridized carbons (Fsp3) is 0.192. The molecule has 0 amide bonds. The second kappa shape index (κ2) is 9.81. The van der Waals surface area contributed by atoms with E-state index in [0.717, 1.165) is 25.8 Å². The van der Waals surface area contributed by atoms with Crippen LogP contribution in [-0.4, -0.2) is 28.9 Å². The zero-order chi connectivity index (χ0) is 22.7. The van der Waals surface area contributed by atoms with Crippen molar-refractivity contribution in [2.75, 3.05) is 13.2 Å². The van der Waals surface area contributed by atoms with Crippen molar-refractivity contribution in [1.29, 1.82) is 0 Å². The molecule has 0 bridgehead atoms. The molecule has 33 heavy (non-hydrogen) atoms. The van der Waals surface area contributed by atoms with E-state index in [9.17, 15) is 0 Å². The second-order valence-electron chi connectivity index (χ2n) is 7.86. The van der Waals surface area contributed by atoms with Crippen LogP contribution in [-0.2, 0) is 21.8 Å². The number of imidazole rings is 1. The molecule has 1 aromatic heterocycles. The van der Waals surface area contributed by atoms with E-state index in [1.165, 1.54) is 5.56 Å². The first kappa shape index (κ1) is 22.3. The first-order valence-electron chi connectivity index (χ1n) is 10.6. The van der Waals surface area contributed by atoms with E-state index in [-0.39, 0.29) is 6.10 Å². The molecule has 1 saturated heterocycles. The molecular formula is C26H22Br2N2O3. The highest BCUT2D eigenvalue weighted by Gasteiger charge is 2.45. The molecule has 2 atom stereocenters. The summed E-state index contributed by atoms with van der Waals surface area (Å²) in [6.07, 6.45) is 5.20. The van der Waals surface area contributed by atoms with Gasteiger partial charge in [0.05, 0.1) is 19.5 Å². The van der Waals surface area contributed by atoms with Crippen LogP contribution in [0.1, 0.15) is 5.56 Å². The molecule has 0 saturated carbocycles. The normalized spacial score (nSPS) is 20.1. The van der Waals surface area contributed by atoms with Crippen molar-refractivity contribution in [3.63, 3.8) is 0 Å². The fourth-order valence-corrected chi connectivity index (χ4v) is 5.29. The first-order valence-corrected chi connectivity index (χ1v) is 12.2. The lowest BCUT2D eigenvalue weighted by Gasteiger charge is -2.30. The summed E-state index contributed by atoms with van der Waals surface area (Å²) in [6.45, 7) is 1.30. The number of hydrogen-bond acceptors (Lipinski definition) is 4. The maximum absolute atomic E-state index is 6.50. The molecule has 3 aromatic carbocycles. The second-order valence-corrected chi connectivity index (χ2v) is 9.63. The van der Waals surface area contributed by atoms with Crippen molar-refractivity contribution in [2.45, 2.75) is 18.4 Å². The molecule has 0 N–H and O–H groups in total. The predicted octanol–water partition coefficient (Wildman–Crippen LogP) is 6.42. The zero-order valence-electron chi connectivity index (χ0n) is 17.7. The molecule has 4 aromatic rings. The molecule has 2 heterocycles. The highest BCUT2D eigenvalue weighted by molar-refractivity contribution is 9.11. The summed E-state index contributed by atoms with van der Waals surface area (Å²) in [5.41, 5.74) is 3.26. The van der Waals surface area contributed by atoms with Gasteiger partial charge < -0.3 is 18.8 Å². The number of halogens is 2. The third-order valence-electron chi connectivity index (χ3n) is 5.55. The Bertz CT molecular complexity index is 1200. The average Bonchev–Trinajstić information content (AvgIpc) is 3.49. The van der Waals surface area contributed by atoms with Crippen molar-refractivity contribution >= 4 is 31.9 Å². The highest BCUT2D eigenvalue weighted by Crippen LogP contribution is 2.40. The Morgan fingerprint density at radius 1 is 1.00 bits per heavy atom. The summed E-state index contributed by atoms with van der Waals surface area (Å²) >= 11 is 7.19. The van der Waals surface area contributed by atoms with Gasteiger partial charge in [0.15, 0.2) is 0 Å². The number of nitrogens with zero attached hydrogens (tertiary/aromatic N) is 2. The smallest absolute Gasteiger partial charge is 0.215 e. The van der Waals surface area contributed by atoms with Gasteiger partial charge in [-0.25, -0.2) is 4.98 Å². The van der Waals surface area contributed by atoms with Crippen LogP contribution in [0.3, 0.4) is 0 Å². The number of hydrogen-bond donors (Lipinski definition) is 0. The minimum Gasteiger partial charge on any atom is -0.491 e. The molecule has 0 unspecified atom stereocenters. The van der Waals surface area contributed by atoms with Crippen molar-refractivity contribution < 1.29 is 14.2 Å². The Hall–Kier alpha value is -2.45. The minimum atomic E-state index is -0.939. The van der Waals surface area contributed by atoms with E-state index >= 15 is 0 Å². The van der Waals surface area contributed by atoms with Crippen LogP contribution in [0.15, 0.2) is 100 Å². The van der Waals surface area contributed by atoms with Gasteiger partial charge in [0.2, 0.25) is 5.79 Å². The number of benzene rings is 3. The molecule has 0 spiro atoms. The van der Waals surface area contributed by atoms with Crippen LogP contribution in [0.25, 0.3) is 11.1 Å². The van der Waals surface area contributed by atoms with Crippen LogP contribution in [0, 0.1) is 0 Å². The molecule has 0 radical (unpaired) electrons. The van der Waals surface area contributed by atoms with Crippen molar-refractivity contribution in [3.05, 3.63) is 106 Å². The lowest BCUT2D eigenvalue weighted by Crippen LogP contribution is -2.34. The highest BCUT2D eigenvalue weighted by atomic mass is 79.9. The minimum absolute atomic E-state index is 0.210. The third kappa shape index (κ3) is 5.06. The van der Waals surface area contributed by atoms with Crippen LogP contribution >= 0.6 is 31.9 Å². The summed E-state index contributed by atoms with van der Waals surface area (Å²) in [7, 11) is 0. The van der Waals surface area contributed by atoms with E-state index in [0.29, 0.717) is 19.8 Å². The largest absolute Gasteiger partial charge is 0.491 e. The van der Waals surface area contributed by atoms with Gasteiger partial charge in [0, 0.05) is 26.9 Å². The maximum Gasteiger partial charge on any atom is 0.215 e. The molecule has 5 nitrogen and oxygen atoms in total. The summed E-state index contributed by atoms with van der Waals surface area (Å²) in [4.78, 5) is 4.16. The molecule has 5 rings (SSSR count). The molecule has 7 heteroatoms. The van der Waals surface area contributed by atoms with Gasteiger partial charge >= 0.3 is 0 Å². The topological polar surface area (TPSA) is 45.5 Å². The molecular weight excluding hydrogens is 548 g/mol. The van der Waals surface area contributed by atoms with Gasteiger partial charge in [-0.1, -0.05) is 80.4 Å². The van der Waals surface area contributed by atoms with Gasteiger partial charge in [0.25, 0.3) is 0 Å². The Labute approximate surface area is 209 Å². The van der Waals surface area contributed by atoms with Crippen molar-refractivity contribution in [1.82, 2.24) is 9.55 Å². The first-order chi connectivity index (χ1) is 16.1. The van der Waals surface area contributed by atoms with E-state index < -0.39 is 5.79 Å². The quantitative estimate of drug-likeness (QED) is 0.257. The fourth-order valence-electron chi connectivity index (χ4n) is 3.94. The standard InChI is InChI=1S/C26H22Br2N2O3/c27-21-8-11-24(25(28)14-21)26(17-30-13-12-29-18-30)32-16-23(33-26)15-31-22-9-6-20(7-10-22)19-4-2-1-3-5-19/h1-14,18,23H,15-17H2/t23-,26+/m0/s1. The summed E-state index contributed by atoms with van der Waals surface area (Å²) < 4.78 is 22.7. The lowest BCUT2D eigenvalue weighted by molar-refractivity contribution is -0.189. The summed E-state index contributed by atoms with van der Waals surface area (Å²) in [6, 6.07) is 24.4. The number of ether oxygens (including phenoxy) is 3. The third-order valence-corrected chi connectivity index (χ3v) is 6.70.